The van der Waals surface area contributed by atoms with Crippen molar-refractivity contribution >= 4 is 21.6 Å². The molecule has 24 heavy (non-hydrogen) atoms. The first-order valence-electron chi connectivity index (χ1n) is 7.37. The number of rotatable bonds is 6. The molecule has 1 amide bonds. The van der Waals surface area contributed by atoms with E-state index in [0.717, 1.165) is 6.26 Å². The fourth-order valence-electron chi connectivity index (χ4n) is 2.47. The van der Waals surface area contributed by atoms with Gasteiger partial charge in [0, 0.05) is 25.2 Å². The van der Waals surface area contributed by atoms with Crippen LogP contribution in [0.15, 0.2) is 24.3 Å². The zero-order valence-corrected chi connectivity index (χ0v) is 14.0. The summed E-state index contributed by atoms with van der Waals surface area (Å²) in [7, 11) is -3.28. The van der Waals surface area contributed by atoms with Crippen LogP contribution in [-0.2, 0) is 14.8 Å². The lowest BCUT2D eigenvalue weighted by molar-refractivity contribution is -0.384. The Kier molecular flexibility index (Phi) is 5.73. The zero-order valence-electron chi connectivity index (χ0n) is 13.2. The van der Waals surface area contributed by atoms with Gasteiger partial charge in [-0.2, -0.15) is 0 Å². The van der Waals surface area contributed by atoms with E-state index in [9.17, 15) is 23.3 Å². The maximum Gasteiger partial charge on any atom is 0.273 e. The number of ether oxygens (including phenoxy) is 1. The molecule has 9 nitrogen and oxygen atoms in total. The van der Waals surface area contributed by atoms with Gasteiger partial charge >= 0.3 is 0 Å². The molecule has 1 fully saturated rings. The quantitative estimate of drug-likeness (QED) is 0.585. The minimum absolute atomic E-state index is 0.121. The first-order chi connectivity index (χ1) is 11.3. The van der Waals surface area contributed by atoms with Crippen LogP contribution in [0.4, 0.5) is 5.69 Å². The summed E-state index contributed by atoms with van der Waals surface area (Å²) in [5.74, 6) is -0.178. The number of hydrogen-bond donors (Lipinski definition) is 1. The molecule has 0 aliphatic carbocycles. The second-order valence-electron chi connectivity index (χ2n) is 5.57. The van der Waals surface area contributed by atoms with Crippen molar-refractivity contribution in [2.24, 2.45) is 0 Å². The third-order valence-electron chi connectivity index (χ3n) is 3.62. The third-order valence-corrected chi connectivity index (χ3v) is 4.89. The van der Waals surface area contributed by atoms with Crippen molar-refractivity contribution in [3.05, 3.63) is 34.4 Å². The molecular weight excluding hydrogens is 338 g/mol. The van der Waals surface area contributed by atoms with Crippen molar-refractivity contribution in [2.75, 3.05) is 26.0 Å². The number of amides is 1. The van der Waals surface area contributed by atoms with E-state index in [-0.39, 0.29) is 30.6 Å². The van der Waals surface area contributed by atoms with Gasteiger partial charge in [-0.3, -0.25) is 14.9 Å². The first kappa shape index (κ1) is 18.1. The Morgan fingerprint density at radius 3 is 2.92 bits per heavy atom. The molecule has 2 rings (SSSR count). The Morgan fingerprint density at radius 1 is 1.50 bits per heavy atom. The molecule has 1 atom stereocenters. The fourth-order valence-corrected chi connectivity index (χ4v) is 3.38. The van der Waals surface area contributed by atoms with E-state index in [1.54, 1.807) is 0 Å². The Balaban J connectivity index is 1.85. The maximum atomic E-state index is 11.9. The molecule has 1 aromatic rings. The predicted octanol–water partition coefficient (Wildman–Crippen LogP) is 0.514. The molecule has 0 aromatic heterocycles. The minimum Gasteiger partial charge on any atom is -0.484 e. The van der Waals surface area contributed by atoms with Gasteiger partial charge in [0.2, 0.25) is 10.0 Å². The van der Waals surface area contributed by atoms with E-state index >= 15 is 0 Å². The second kappa shape index (κ2) is 7.58. The van der Waals surface area contributed by atoms with Gasteiger partial charge in [0.15, 0.2) is 6.61 Å². The predicted molar refractivity (Wildman–Crippen MR) is 86.2 cm³/mol. The molecule has 1 saturated heterocycles. The summed E-state index contributed by atoms with van der Waals surface area (Å²) in [6.45, 7) is 0.396. The number of nitrogens with zero attached hydrogens (tertiary/aromatic N) is 2. The smallest absolute Gasteiger partial charge is 0.273 e. The number of non-ortho nitro benzene ring substituents is 1. The van der Waals surface area contributed by atoms with Crippen LogP contribution in [0.2, 0.25) is 0 Å². The largest absolute Gasteiger partial charge is 0.484 e. The number of sulfonamides is 1. The monoisotopic (exact) mass is 357 g/mol. The standard InChI is InChI=1S/C14H19N3O6S/c1-24(21,22)16-7-3-4-11(9-16)15-14(18)10-23-13-6-2-5-12(8-13)17(19)20/h2,5-6,8,11H,3-4,7,9-10H2,1H3,(H,15,18). The van der Waals surface area contributed by atoms with Crippen molar-refractivity contribution in [3.8, 4) is 5.75 Å². The van der Waals surface area contributed by atoms with Crippen LogP contribution in [0.3, 0.4) is 0 Å². The molecule has 0 radical (unpaired) electrons. The van der Waals surface area contributed by atoms with Crippen LogP contribution in [0, 0.1) is 10.1 Å². The van der Waals surface area contributed by atoms with Crippen LogP contribution >= 0.6 is 0 Å². The molecule has 1 aromatic carbocycles. The molecule has 132 valence electrons. The van der Waals surface area contributed by atoms with Crippen LogP contribution < -0.4 is 10.1 Å². The lowest BCUT2D eigenvalue weighted by Gasteiger charge is -2.31. The molecule has 1 heterocycles. The van der Waals surface area contributed by atoms with Crippen LogP contribution in [0.25, 0.3) is 0 Å². The van der Waals surface area contributed by atoms with E-state index in [0.29, 0.717) is 19.4 Å². The van der Waals surface area contributed by atoms with E-state index < -0.39 is 20.9 Å². The highest BCUT2D eigenvalue weighted by atomic mass is 32.2. The summed E-state index contributed by atoms with van der Waals surface area (Å²) in [6.07, 6.45) is 2.50. The van der Waals surface area contributed by atoms with E-state index in [1.165, 1.54) is 28.6 Å². The fraction of sp³-hybridized carbons (Fsp3) is 0.500. The van der Waals surface area contributed by atoms with Gasteiger partial charge in [0.25, 0.3) is 11.6 Å². The number of carbonyl (C=O) groups is 1. The molecule has 1 N–H and O–H groups in total. The maximum absolute atomic E-state index is 11.9. The lowest BCUT2D eigenvalue weighted by Crippen LogP contribution is -2.50. The molecule has 1 aliphatic heterocycles. The van der Waals surface area contributed by atoms with Crippen molar-refractivity contribution in [1.82, 2.24) is 9.62 Å². The molecule has 0 bridgehead atoms. The van der Waals surface area contributed by atoms with Crippen LogP contribution in [0.5, 0.6) is 5.75 Å². The normalized spacial score (nSPS) is 18.8. The van der Waals surface area contributed by atoms with Gasteiger partial charge in [-0.15, -0.1) is 0 Å². The topological polar surface area (TPSA) is 119 Å². The summed E-state index contributed by atoms with van der Waals surface area (Å²) in [4.78, 5) is 22.1. The van der Waals surface area contributed by atoms with Crippen molar-refractivity contribution in [3.63, 3.8) is 0 Å². The van der Waals surface area contributed by atoms with Gasteiger partial charge in [0.05, 0.1) is 17.2 Å². The number of nitro benzene ring substituents is 1. The van der Waals surface area contributed by atoms with Crippen molar-refractivity contribution in [1.29, 1.82) is 0 Å². The molecule has 0 saturated carbocycles. The zero-order chi connectivity index (χ0) is 17.7. The summed E-state index contributed by atoms with van der Waals surface area (Å²) >= 11 is 0. The molecule has 10 heteroatoms. The van der Waals surface area contributed by atoms with Crippen molar-refractivity contribution < 1.29 is 22.9 Å². The van der Waals surface area contributed by atoms with Gasteiger partial charge in [-0.1, -0.05) is 6.07 Å². The second-order valence-corrected chi connectivity index (χ2v) is 7.55. The molecule has 1 aliphatic rings. The van der Waals surface area contributed by atoms with E-state index in [1.807, 2.05) is 0 Å². The molecule has 1 unspecified atom stereocenters. The SMILES string of the molecule is CS(=O)(=O)N1CCCC(NC(=O)COc2cccc([N+](=O)[O-])c2)C1. The Bertz CT molecular complexity index is 721. The molecule has 0 spiro atoms. The van der Waals surface area contributed by atoms with E-state index in [2.05, 4.69) is 5.32 Å². The third kappa shape index (κ3) is 5.17. The summed E-state index contributed by atoms with van der Waals surface area (Å²) < 4.78 is 29.7. The van der Waals surface area contributed by atoms with Gasteiger partial charge in [0.1, 0.15) is 5.75 Å². The Morgan fingerprint density at radius 2 is 2.25 bits per heavy atom. The minimum atomic E-state index is -3.28. The highest BCUT2D eigenvalue weighted by Gasteiger charge is 2.26. The number of nitrogens with one attached hydrogen (secondary N) is 1. The highest BCUT2D eigenvalue weighted by molar-refractivity contribution is 7.88. The number of carbonyl (C=O) groups excluding carboxylic acids is 1. The number of nitro groups is 1. The van der Waals surface area contributed by atoms with Gasteiger partial charge < -0.3 is 10.1 Å². The average molecular weight is 357 g/mol. The number of benzene rings is 1. The van der Waals surface area contributed by atoms with Gasteiger partial charge in [-0.25, -0.2) is 12.7 Å². The molecular formula is C14H19N3O6S. The average Bonchev–Trinajstić information content (AvgIpc) is 2.52. The lowest BCUT2D eigenvalue weighted by atomic mass is 10.1. The number of piperidine rings is 1. The van der Waals surface area contributed by atoms with Crippen LogP contribution in [0.1, 0.15) is 12.8 Å². The first-order valence-corrected chi connectivity index (χ1v) is 9.22. The summed E-state index contributed by atoms with van der Waals surface area (Å²) in [5.41, 5.74) is -0.121. The summed E-state index contributed by atoms with van der Waals surface area (Å²) in [6, 6.07) is 5.28. The van der Waals surface area contributed by atoms with Crippen molar-refractivity contribution in [2.45, 2.75) is 18.9 Å². The van der Waals surface area contributed by atoms with E-state index in [4.69, 9.17) is 4.74 Å². The summed E-state index contributed by atoms with van der Waals surface area (Å²) in [5, 5.41) is 13.4. The van der Waals surface area contributed by atoms with Crippen LogP contribution in [-0.4, -0.2) is 55.5 Å². The Hall–Kier alpha value is -2.20. The number of hydrogen-bond acceptors (Lipinski definition) is 6. The highest BCUT2D eigenvalue weighted by Crippen LogP contribution is 2.19. The Labute approximate surface area is 139 Å². The van der Waals surface area contributed by atoms with Gasteiger partial charge in [-0.05, 0) is 18.9 Å².